The molecule has 1 aromatic heterocycles. The van der Waals surface area contributed by atoms with Crippen LogP contribution in [0, 0.1) is 0 Å². The molecule has 1 aliphatic heterocycles. The van der Waals surface area contributed by atoms with Crippen molar-refractivity contribution in [3.8, 4) is 5.75 Å². The van der Waals surface area contributed by atoms with Gasteiger partial charge in [0.15, 0.2) is 0 Å². The average Bonchev–Trinajstić information content (AvgIpc) is 2.95. The second-order valence-corrected chi connectivity index (χ2v) is 11.0. The van der Waals surface area contributed by atoms with Crippen molar-refractivity contribution in [1.82, 2.24) is 25.5 Å². The Balaban J connectivity index is 1.52. The van der Waals surface area contributed by atoms with Gasteiger partial charge in [-0.1, -0.05) is 19.8 Å². The topological polar surface area (TPSA) is 121 Å². The highest BCUT2D eigenvalue weighted by Gasteiger charge is 2.37. The third-order valence-electron chi connectivity index (χ3n) is 7.77. The smallest absolute Gasteiger partial charge is 0.421 e. The lowest BCUT2D eigenvalue weighted by atomic mass is 9.90. The van der Waals surface area contributed by atoms with Crippen molar-refractivity contribution in [1.29, 1.82) is 0 Å². The van der Waals surface area contributed by atoms with Crippen LogP contribution in [0.25, 0.3) is 0 Å². The molecule has 4 rings (SSSR count). The first-order chi connectivity index (χ1) is 20.1. The Hall–Kier alpha value is -3.61. The quantitative estimate of drug-likeness (QED) is 0.314. The third-order valence-corrected chi connectivity index (χ3v) is 7.77. The van der Waals surface area contributed by atoms with Gasteiger partial charge in [0, 0.05) is 36.3 Å². The molecule has 13 heteroatoms. The molecule has 0 radical (unpaired) electrons. The van der Waals surface area contributed by atoms with Crippen molar-refractivity contribution < 1.29 is 27.5 Å². The maximum atomic E-state index is 13.9. The highest BCUT2D eigenvalue weighted by atomic mass is 19.4. The van der Waals surface area contributed by atoms with Crippen molar-refractivity contribution in [2.75, 3.05) is 37.9 Å². The second-order valence-electron chi connectivity index (χ2n) is 11.0. The summed E-state index contributed by atoms with van der Waals surface area (Å²) in [6.07, 6.45) is 1.80. The SMILES string of the molecule is CCCC(=O)NC1CCCC[C@H]1Nc1nc(Nc2ccc(C(=O)NC3CCN(C)CC3)cc2OC)ncc1C(F)(F)F. The van der Waals surface area contributed by atoms with E-state index in [2.05, 4.69) is 43.2 Å². The number of methoxy groups -OCH3 is 1. The number of amides is 2. The van der Waals surface area contributed by atoms with Gasteiger partial charge in [0.25, 0.3) is 5.91 Å². The second kappa shape index (κ2) is 14.0. The Morgan fingerprint density at radius 2 is 1.79 bits per heavy atom. The van der Waals surface area contributed by atoms with Crippen molar-refractivity contribution >= 4 is 29.3 Å². The molecule has 2 atom stereocenters. The number of anilines is 3. The fourth-order valence-electron chi connectivity index (χ4n) is 5.40. The van der Waals surface area contributed by atoms with Crippen LogP contribution < -0.4 is 26.0 Å². The van der Waals surface area contributed by atoms with Crippen LogP contribution in [-0.2, 0) is 11.0 Å². The van der Waals surface area contributed by atoms with E-state index in [0.717, 1.165) is 45.0 Å². The molecule has 2 heterocycles. The van der Waals surface area contributed by atoms with Crippen LogP contribution in [0.1, 0.15) is 74.2 Å². The van der Waals surface area contributed by atoms with Gasteiger partial charge in [-0.3, -0.25) is 9.59 Å². The molecule has 1 saturated carbocycles. The number of likely N-dealkylation sites (tertiary alicyclic amines) is 1. The molecular weight excluding hydrogens is 551 g/mol. The number of nitrogens with one attached hydrogen (secondary N) is 4. The van der Waals surface area contributed by atoms with Gasteiger partial charge in [0.2, 0.25) is 11.9 Å². The lowest BCUT2D eigenvalue weighted by Gasteiger charge is -2.33. The Morgan fingerprint density at radius 1 is 1.07 bits per heavy atom. The summed E-state index contributed by atoms with van der Waals surface area (Å²) in [5.41, 5.74) is -0.202. The van der Waals surface area contributed by atoms with E-state index in [1.54, 1.807) is 18.2 Å². The molecule has 4 N–H and O–H groups in total. The zero-order chi connectivity index (χ0) is 30.3. The molecule has 1 aliphatic carbocycles. The highest BCUT2D eigenvalue weighted by molar-refractivity contribution is 5.95. The first kappa shape index (κ1) is 31.3. The van der Waals surface area contributed by atoms with Gasteiger partial charge in [-0.05, 0) is 70.4 Å². The minimum absolute atomic E-state index is 0.0743. The van der Waals surface area contributed by atoms with Gasteiger partial charge in [0.05, 0.1) is 12.8 Å². The number of alkyl halides is 3. The molecule has 0 bridgehead atoms. The number of aromatic nitrogens is 2. The average molecular weight is 592 g/mol. The molecule has 230 valence electrons. The van der Waals surface area contributed by atoms with Crippen LogP contribution in [-0.4, -0.2) is 72.1 Å². The molecule has 1 aromatic carbocycles. The number of halogens is 3. The van der Waals surface area contributed by atoms with Crippen molar-refractivity contribution in [2.45, 2.75) is 82.6 Å². The zero-order valence-electron chi connectivity index (χ0n) is 24.3. The summed E-state index contributed by atoms with van der Waals surface area (Å²) in [7, 11) is 3.49. The van der Waals surface area contributed by atoms with Crippen LogP contribution >= 0.6 is 0 Å². The minimum atomic E-state index is -4.68. The number of benzene rings is 1. The summed E-state index contributed by atoms with van der Waals surface area (Å²) in [5.74, 6) is -0.466. The normalized spacial score (nSPS) is 20.0. The minimum Gasteiger partial charge on any atom is -0.495 e. The largest absolute Gasteiger partial charge is 0.495 e. The van der Waals surface area contributed by atoms with E-state index >= 15 is 0 Å². The lowest BCUT2D eigenvalue weighted by molar-refractivity contribution is -0.137. The van der Waals surface area contributed by atoms with Gasteiger partial charge in [-0.25, -0.2) is 4.98 Å². The van der Waals surface area contributed by atoms with E-state index < -0.39 is 17.8 Å². The number of nitrogens with zero attached hydrogens (tertiary/aromatic N) is 3. The van der Waals surface area contributed by atoms with Gasteiger partial charge < -0.3 is 30.9 Å². The van der Waals surface area contributed by atoms with Crippen molar-refractivity contribution in [2.24, 2.45) is 0 Å². The maximum Gasteiger partial charge on any atom is 0.421 e. The monoisotopic (exact) mass is 591 g/mol. The first-order valence-corrected chi connectivity index (χ1v) is 14.5. The Labute approximate surface area is 244 Å². The van der Waals surface area contributed by atoms with Crippen LogP contribution in [0.5, 0.6) is 5.75 Å². The van der Waals surface area contributed by atoms with E-state index in [1.807, 2.05) is 6.92 Å². The number of piperidine rings is 1. The molecular formula is C29H40F3N7O3. The van der Waals surface area contributed by atoms with Crippen LogP contribution in [0.3, 0.4) is 0 Å². The Bertz CT molecular complexity index is 1240. The molecule has 0 spiro atoms. The third kappa shape index (κ3) is 8.24. The predicted octanol–water partition coefficient (Wildman–Crippen LogP) is 4.71. The zero-order valence-corrected chi connectivity index (χ0v) is 24.3. The van der Waals surface area contributed by atoms with Crippen LogP contribution in [0.15, 0.2) is 24.4 Å². The number of hydrogen-bond acceptors (Lipinski definition) is 8. The summed E-state index contributed by atoms with van der Waals surface area (Å²) >= 11 is 0. The van der Waals surface area contributed by atoms with Crippen LogP contribution in [0.2, 0.25) is 0 Å². The van der Waals surface area contributed by atoms with Crippen molar-refractivity contribution in [3.63, 3.8) is 0 Å². The first-order valence-electron chi connectivity index (χ1n) is 14.5. The van der Waals surface area contributed by atoms with E-state index in [-0.39, 0.29) is 35.7 Å². The number of carbonyl (C=O) groups excluding carboxylic acids is 2. The van der Waals surface area contributed by atoms with E-state index in [1.165, 1.54) is 7.11 Å². The number of carbonyl (C=O) groups is 2. The van der Waals surface area contributed by atoms with Gasteiger partial charge in [-0.15, -0.1) is 0 Å². The number of ether oxygens (including phenoxy) is 1. The lowest BCUT2D eigenvalue weighted by Crippen LogP contribution is -2.48. The summed E-state index contributed by atoms with van der Waals surface area (Å²) in [6.45, 7) is 3.72. The number of hydrogen-bond donors (Lipinski definition) is 4. The number of rotatable bonds is 10. The van der Waals surface area contributed by atoms with Gasteiger partial charge >= 0.3 is 6.18 Å². The summed E-state index contributed by atoms with van der Waals surface area (Å²) in [4.78, 5) is 35.4. The van der Waals surface area contributed by atoms with E-state index in [0.29, 0.717) is 42.7 Å². The molecule has 2 fully saturated rings. The Morgan fingerprint density at radius 3 is 2.45 bits per heavy atom. The van der Waals surface area contributed by atoms with E-state index in [4.69, 9.17) is 4.74 Å². The molecule has 2 aromatic rings. The highest BCUT2D eigenvalue weighted by Crippen LogP contribution is 2.36. The van der Waals surface area contributed by atoms with Crippen molar-refractivity contribution in [3.05, 3.63) is 35.5 Å². The fraction of sp³-hybridized carbons (Fsp3) is 0.586. The van der Waals surface area contributed by atoms with Crippen LogP contribution in [0.4, 0.5) is 30.6 Å². The van der Waals surface area contributed by atoms with E-state index in [9.17, 15) is 22.8 Å². The molecule has 2 aliphatic rings. The standard InChI is InChI=1S/C29H40F3N7O3/c1-4-7-25(40)35-21-8-5-6-9-22(21)36-26-20(29(30,31)32)17-33-28(38-26)37-23-11-10-18(16-24(23)42-3)27(41)34-19-12-14-39(2)15-13-19/h10-11,16-17,19,21-22H,4-9,12-15H2,1-3H3,(H,34,41)(H,35,40)(H2,33,36,37,38)/t21?,22-/m1/s1. The predicted molar refractivity (Wildman–Crippen MR) is 154 cm³/mol. The molecule has 1 saturated heterocycles. The van der Waals surface area contributed by atoms with Gasteiger partial charge in [0.1, 0.15) is 17.1 Å². The molecule has 42 heavy (non-hydrogen) atoms. The maximum absolute atomic E-state index is 13.9. The summed E-state index contributed by atoms with van der Waals surface area (Å²) in [6, 6.07) is 4.16. The summed E-state index contributed by atoms with van der Waals surface area (Å²) < 4.78 is 47.2. The molecule has 2 amide bonds. The Kier molecular flexibility index (Phi) is 10.5. The molecule has 1 unspecified atom stereocenters. The van der Waals surface area contributed by atoms with Gasteiger partial charge in [-0.2, -0.15) is 18.2 Å². The summed E-state index contributed by atoms with van der Waals surface area (Å²) in [5, 5.41) is 11.9. The molecule has 10 nitrogen and oxygen atoms in total. The fourth-order valence-corrected chi connectivity index (χ4v) is 5.40.